The van der Waals surface area contributed by atoms with E-state index in [0.717, 1.165) is 35.1 Å². The van der Waals surface area contributed by atoms with Crippen molar-refractivity contribution < 1.29 is 4.79 Å². The summed E-state index contributed by atoms with van der Waals surface area (Å²) in [5, 5.41) is 5.49. The van der Waals surface area contributed by atoms with Crippen LogP contribution in [0.3, 0.4) is 0 Å². The molecule has 0 spiro atoms. The molecule has 0 aliphatic rings. The molecule has 0 saturated carbocycles. The van der Waals surface area contributed by atoms with Gasteiger partial charge in [0.05, 0.1) is 12.0 Å². The molecule has 156 valence electrons. The van der Waals surface area contributed by atoms with Gasteiger partial charge in [-0.25, -0.2) is 15.4 Å². The van der Waals surface area contributed by atoms with Crippen molar-refractivity contribution in [2.45, 2.75) is 17.1 Å². The predicted octanol–water partition coefficient (Wildman–Crippen LogP) is 4.03. The molecule has 0 aliphatic carbocycles. The van der Waals surface area contributed by atoms with E-state index in [2.05, 4.69) is 25.4 Å². The predicted molar refractivity (Wildman–Crippen MR) is 125 cm³/mol. The lowest BCUT2D eigenvalue weighted by molar-refractivity contribution is -0.118. The van der Waals surface area contributed by atoms with Crippen molar-refractivity contribution in [1.29, 1.82) is 0 Å². The van der Waals surface area contributed by atoms with Crippen LogP contribution < -0.4 is 10.3 Å². The summed E-state index contributed by atoms with van der Waals surface area (Å²) in [5.41, 5.74) is 5.35. The van der Waals surface area contributed by atoms with Crippen LogP contribution in [0.1, 0.15) is 11.3 Å². The second-order valence-electron chi connectivity index (χ2n) is 5.87. The first-order chi connectivity index (χ1) is 14.0. The zero-order valence-electron chi connectivity index (χ0n) is 16.3. The van der Waals surface area contributed by atoms with Gasteiger partial charge in [0.1, 0.15) is 5.03 Å². The first-order valence-corrected chi connectivity index (χ1v) is 12.1. The van der Waals surface area contributed by atoms with E-state index < -0.39 is 0 Å². The van der Waals surface area contributed by atoms with E-state index in [9.17, 15) is 4.79 Å². The normalized spacial score (nSPS) is 11.0. The second-order valence-corrected chi connectivity index (χ2v) is 8.40. The van der Waals surface area contributed by atoms with Crippen LogP contribution in [0.2, 0.25) is 0 Å². The van der Waals surface area contributed by atoms with Crippen molar-refractivity contribution in [2.75, 3.05) is 41.8 Å². The van der Waals surface area contributed by atoms with Gasteiger partial charge >= 0.3 is 0 Å². The number of nitrogens with zero attached hydrogens (tertiary/aromatic N) is 4. The van der Waals surface area contributed by atoms with Gasteiger partial charge in [-0.1, -0.05) is 35.7 Å². The molecule has 10 heteroatoms. The average Bonchev–Trinajstić information content (AvgIpc) is 2.72. The molecule has 0 radical (unpaired) electrons. The highest BCUT2D eigenvalue weighted by molar-refractivity contribution is 8.00. The number of hydrogen-bond donors (Lipinski definition) is 1. The van der Waals surface area contributed by atoms with Gasteiger partial charge in [-0.3, -0.25) is 4.79 Å². The van der Waals surface area contributed by atoms with Gasteiger partial charge in [0, 0.05) is 36.2 Å². The van der Waals surface area contributed by atoms with Gasteiger partial charge in [0.25, 0.3) is 0 Å². The van der Waals surface area contributed by atoms with E-state index in [4.69, 9.17) is 23.2 Å². The number of thioether (sulfide) groups is 2. The van der Waals surface area contributed by atoms with Crippen molar-refractivity contribution in [3.05, 3.63) is 41.6 Å². The van der Waals surface area contributed by atoms with E-state index in [-0.39, 0.29) is 11.7 Å². The highest BCUT2D eigenvalue weighted by Crippen LogP contribution is 2.19. The monoisotopic (exact) mass is 471 g/mol. The fourth-order valence-corrected chi connectivity index (χ4v) is 4.01. The summed E-state index contributed by atoms with van der Waals surface area (Å²) >= 11 is 14.5. The fourth-order valence-electron chi connectivity index (χ4n) is 2.37. The Morgan fingerprint density at radius 1 is 1.21 bits per heavy atom. The largest absolute Gasteiger partial charge is 0.369 e. The molecule has 0 unspecified atom stereocenters. The number of amides is 1. The Morgan fingerprint density at radius 2 is 1.90 bits per heavy atom. The highest BCUT2D eigenvalue weighted by Gasteiger charge is 2.07. The summed E-state index contributed by atoms with van der Waals surface area (Å²) in [5.74, 6) is 1.11. The van der Waals surface area contributed by atoms with Crippen LogP contribution in [0, 0.1) is 6.92 Å². The van der Waals surface area contributed by atoms with E-state index in [1.807, 2.05) is 43.5 Å². The number of benzene rings is 1. The van der Waals surface area contributed by atoms with Crippen LogP contribution in [-0.4, -0.2) is 58.9 Å². The Hall–Kier alpha value is -1.48. The summed E-state index contributed by atoms with van der Waals surface area (Å²) in [6.07, 6.45) is 3.53. The van der Waals surface area contributed by atoms with Crippen molar-refractivity contribution in [1.82, 2.24) is 15.4 Å². The van der Waals surface area contributed by atoms with Gasteiger partial charge in [0.15, 0.2) is 5.16 Å². The van der Waals surface area contributed by atoms with E-state index in [1.165, 1.54) is 23.5 Å². The number of nitrogens with one attached hydrogen (secondary N) is 1. The third kappa shape index (κ3) is 8.42. The summed E-state index contributed by atoms with van der Waals surface area (Å²) in [6.45, 7) is 3.38. The molecule has 2 aromatic rings. The Balaban J connectivity index is 1.84. The quantitative estimate of drug-likeness (QED) is 0.133. The van der Waals surface area contributed by atoms with E-state index in [1.54, 1.807) is 6.21 Å². The molecule has 1 amide bonds. The molecule has 29 heavy (non-hydrogen) atoms. The highest BCUT2D eigenvalue weighted by atomic mass is 35.5. The minimum atomic E-state index is -0.194. The molecule has 2 rings (SSSR count). The van der Waals surface area contributed by atoms with Crippen molar-refractivity contribution >= 4 is 64.5 Å². The summed E-state index contributed by atoms with van der Waals surface area (Å²) < 4.78 is 0. The van der Waals surface area contributed by atoms with Gasteiger partial charge in [-0.05, 0) is 36.9 Å². The number of aromatic nitrogens is 2. The summed E-state index contributed by atoms with van der Waals surface area (Å²) in [4.78, 5) is 22.8. The van der Waals surface area contributed by atoms with E-state index >= 15 is 0 Å². The third-order valence-electron chi connectivity index (χ3n) is 3.71. The van der Waals surface area contributed by atoms with Crippen LogP contribution in [0.15, 0.2) is 45.6 Å². The Labute approximate surface area is 189 Å². The number of anilines is 1. The molecule has 1 aromatic carbocycles. The summed E-state index contributed by atoms with van der Waals surface area (Å²) in [7, 11) is 0. The third-order valence-corrected chi connectivity index (χ3v) is 5.51. The van der Waals surface area contributed by atoms with Crippen LogP contribution in [0.25, 0.3) is 0 Å². The minimum absolute atomic E-state index is 0.194. The molecular formula is C19H23Cl2N5OS2. The number of carbonyl (C=O) groups is 1. The zero-order valence-corrected chi connectivity index (χ0v) is 19.4. The number of halogens is 2. The maximum absolute atomic E-state index is 12.0. The number of hydrazone groups is 1. The molecule has 6 nitrogen and oxygen atoms in total. The first kappa shape index (κ1) is 23.8. The van der Waals surface area contributed by atoms with Gasteiger partial charge in [-0.2, -0.15) is 5.10 Å². The van der Waals surface area contributed by atoms with Crippen LogP contribution in [-0.2, 0) is 4.79 Å². The minimum Gasteiger partial charge on any atom is -0.369 e. The lowest BCUT2D eigenvalue weighted by atomic mass is 10.2. The smallest absolute Gasteiger partial charge is 0.250 e. The first-order valence-electron chi connectivity index (χ1n) is 8.87. The van der Waals surface area contributed by atoms with Gasteiger partial charge < -0.3 is 4.90 Å². The maximum Gasteiger partial charge on any atom is 0.250 e. The van der Waals surface area contributed by atoms with Crippen molar-refractivity contribution in [3.8, 4) is 0 Å². The van der Waals surface area contributed by atoms with Gasteiger partial charge in [0.2, 0.25) is 5.91 Å². The number of hydrogen-bond acceptors (Lipinski definition) is 7. The number of carbonyl (C=O) groups excluding carboxylic acids is 1. The molecule has 1 heterocycles. The summed E-state index contributed by atoms with van der Waals surface area (Å²) in [6, 6.07) is 9.70. The molecule has 1 N–H and O–H groups in total. The average molecular weight is 472 g/mol. The maximum atomic E-state index is 12.0. The van der Waals surface area contributed by atoms with Crippen LogP contribution in [0.4, 0.5) is 5.69 Å². The molecule has 0 atom stereocenters. The molecular weight excluding hydrogens is 449 g/mol. The van der Waals surface area contributed by atoms with Crippen LogP contribution in [0.5, 0.6) is 0 Å². The Kier molecular flexibility index (Phi) is 10.6. The number of alkyl halides is 2. The molecule has 0 saturated heterocycles. The second kappa shape index (κ2) is 13.0. The van der Waals surface area contributed by atoms with E-state index in [0.29, 0.717) is 16.9 Å². The lowest BCUT2D eigenvalue weighted by Crippen LogP contribution is -2.27. The van der Waals surface area contributed by atoms with Crippen molar-refractivity contribution in [2.24, 2.45) is 5.10 Å². The number of aryl methyl sites for hydroxylation is 1. The lowest BCUT2D eigenvalue weighted by Gasteiger charge is -2.22. The van der Waals surface area contributed by atoms with Crippen LogP contribution >= 0.6 is 46.7 Å². The SMILES string of the molecule is CSc1nc(C)cc(SCC(=O)N/N=C/c2ccc(N(CCCl)CCCl)cc2)n1. The standard InChI is InChI=1S/C19H23Cl2N5OS2/c1-14-11-18(24-19(23-14)28-2)29-13-17(27)25-22-12-15-3-5-16(6-4-15)26(9-7-20)10-8-21/h3-6,11-12H,7-10,13H2,1-2H3,(H,25,27)/b22-12+. The molecule has 0 fully saturated rings. The molecule has 1 aromatic heterocycles. The van der Waals surface area contributed by atoms with Crippen molar-refractivity contribution in [3.63, 3.8) is 0 Å². The molecule has 0 bridgehead atoms. The van der Waals surface area contributed by atoms with Gasteiger partial charge in [-0.15, -0.1) is 23.2 Å². The Bertz CT molecular complexity index is 815. The zero-order chi connectivity index (χ0) is 21.1. The topological polar surface area (TPSA) is 70.5 Å². The number of rotatable bonds is 11. The fraction of sp³-hybridized carbons (Fsp3) is 0.368. The Morgan fingerprint density at radius 3 is 2.52 bits per heavy atom. The molecule has 0 aliphatic heterocycles.